The van der Waals surface area contributed by atoms with Gasteiger partial charge in [0.2, 0.25) is 0 Å². The zero-order valence-electron chi connectivity index (χ0n) is 20.0. The molecule has 0 N–H and O–H groups in total. The Bertz CT molecular complexity index is 578. The summed E-state index contributed by atoms with van der Waals surface area (Å²) in [5.74, 6) is 1.00. The summed E-state index contributed by atoms with van der Waals surface area (Å²) < 4.78 is 12.0. The third kappa shape index (κ3) is 12.4. The summed E-state index contributed by atoms with van der Waals surface area (Å²) in [7, 11) is 0. The van der Waals surface area contributed by atoms with Gasteiger partial charge in [0, 0.05) is 18.4 Å². The van der Waals surface area contributed by atoms with Crippen LogP contribution >= 0.6 is 11.6 Å². The molecule has 184 valence electrons. The molecule has 5 nitrogen and oxygen atoms in total. The first-order valence-corrected chi connectivity index (χ1v) is 14.3. The molecule has 1 aliphatic carbocycles. The van der Waals surface area contributed by atoms with E-state index in [1.165, 1.54) is 24.8 Å². The Morgan fingerprint density at radius 1 is 1.03 bits per heavy atom. The van der Waals surface area contributed by atoms with E-state index in [0.29, 0.717) is 25.0 Å². The monoisotopic (exact) mass is 487 g/mol. The Hall–Kier alpha value is -0.850. The highest BCUT2D eigenvalue weighted by Gasteiger charge is 2.38. The zero-order chi connectivity index (χ0) is 23.6. The van der Waals surface area contributed by atoms with Crippen molar-refractivity contribution in [2.24, 2.45) is 17.0 Å². The fourth-order valence-electron chi connectivity index (χ4n) is 4.17. The highest BCUT2D eigenvalue weighted by molar-refractivity contribution is 7.91. The first-order chi connectivity index (χ1) is 15.5. The van der Waals surface area contributed by atoms with Crippen molar-refractivity contribution in [1.82, 2.24) is 0 Å². The summed E-state index contributed by atoms with van der Waals surface area (Å²) in [4.78, 5) is 30.7. The van der Waals surface area contributed by atoms with Gasteiger partial charge < -0.3 is 9.39 Å². The van der Waals surface area contributed by atoms with Gasteiger partial charge in [-0.1, -0.05) is 73.9 Å². The van der Waals surface area contributed by atoms with Crippen molar-refractivity contribution in [3.05, 3.63) is 11.6 Å². The number of carbonyl (C=O) groups excluding carboxylic acids is 2. The SMILES string of the molecule is CCCCCC[S+]([O-])CCCCCC[C@H]1CC(=O)[C@H](C(CCC)=NOCC=CCl)C(=O)C1. The zero-order valence-corrected chi connectivity index (χ0v) is 21.6. The van der Waals surface area contributed by atoms with Crippen molar-refractivity contribution in [3.63, 3.8) is 0 Å². The van der Waals surface area contributed by atoms with Gasteiger partial charge in [-0.2, -0.15) is 0 Å². The molecule has 32 heavy (non-hydrogen) atoms. The number of hydrogen-bond donors (Lipinski definition) is 0. The summed E-state index contributed by atoms with van der Waals surface area (Å²) in [5, 5.41) is 4.08. The molecule has 1 saturated carbocycles. The van der Waals surface area contributed by atoms with Crippen molar-refractivity contribution < 1.29 is 19.0 Å². The quantitative estimate of drug-likeness (QED) is 0.0740. The van der Waals surface area contributed by atoms with E-state index in [1.54, 1.807) is 6.08 Å². The standard InChI is InChI=1S/C25H42ClNO4S/c1-3-5-6-10-17-32(30)18-11-8-7-9-14-21-19-23(28)25(24(29)20-21)22(13-4-2)27-31-16-12-15-26/h12,15,21,25H,3-11,13-14,16-20H2,1-2H3/t21-,25-,32?. The molecular weight excluding hydrogens is 446 g/mol. The van der Waals surface area contributed by atoms with Crippen molar-refractivity contribution in [3.8, 4) is 0 Å². The lowest BCUT2D eigenvalue weighted by Gasteiger charge is -2.27. The van der Waals surface area contributed by atoms with Crippen LogP contribution in [0.1, 0.15) is 97.3 Å². The fraction of sp³-hybridized carbons (Fsp3) is 0.800. The lowest BCUT2D eigenvalue weighted by molar-refractivity contribution is -0.134. The molecule has 1 fully saturated rings. The van der Waals surface area contributed by atoms with E-state index in [0.717, 1.165) is 56.5 Å². The molecule has 0 aromatic heterocycles. The first-order valence-electron chi connectivity index (χ1n) is 12.4. The number of carbonyl (C=O) groups is 2. The van der Waals surface area contributed by atoms with E-state index in [9.17, 15) is 14.1 Å². The summed E-state index contributed by atoms with van der Waals surface area (Å²) in [6, 6.07) is 0. The van der Waals surface area contributed by atoms with Crippen LogP contribution in [0.5, 0.6) is 0 Å². The van der Waals surface area contributed by atoms with Crippen LogP contribution in [-0.4, -0.2) is 39.9 Å². The van der Waals surface area contributed by atoms with Crippen molar-refractivity contribution in [1.29, 1.82) is 0 Å². The molecule has 1 unspecified atom stereocenters. The number of ketones is 2. The number of hydrogen-bond acceptors (Lipinski definition) is 5. The molecule has 0 aromatic carbocycles. The number of nitrogens with zero attached hydrogens (tertiary/aromatic N) is 1. The van der Waals surface area contributed by atoms with Gasteiger partial charge in [0.15, 0.2) is 0 Å². The molecule has 0 radical (unpaired) electrons. The molecule has 7 heteroatoms. The van der Waals surface area contributed by atoms with E-state index in [2.05, 4.69) is 12.1 Å². The topological polar surface area (TPSA) is 78.8 Å². The molecule has 0 bridgehead atoms. The Balaban J connectivity index is 2.30. The Kier molecular flexibility index (Phi) is 16.9. The third-order valence-electron chi connectivity index (χ3n) is 5.86. The maximum absolute atomic E-state index is 12.7. The lowest BCUT2D eigenvalue weighted by atomic mass is 9.75. The Morgan fingerprint density at radius 3 is 2.25 bits per heavy atom. The molecule has 1 rings (SSSR count). The fourth-order valence-corrected chi connectivity index (χ4v) is 5.50. The van der Waals surface area contributed by atoms with E-state index < -0.39 is 17.1 Å². The van der Waals surface area contributed by atoms with Crippen molar-refractivity contribution >= 4 is 40.1 Å². The molecular formula is C25H42ClNO4S. The molecule has 0 saturated heterocycles. The number of rotatable bonds is 18. The lowest BCUT2D eigenvalue weighted by Crippen LogP contribution is -2.38. The van der Waals surface area contributed by atoms with Gasteiger partial charge in [-0.15, -0.1) is 0 Å². The van der Waals surface area contributed by atoms with Gasteiger partial charge in [0.1, 0.15) is 35.6 Å². The second-order valence-corrected chi connectivity index (χ2v) is 10.7. The van der Waals surface area contributed by atoms with E-state index >= 15 is 0 Å². The van der Waals surface area contributed by atoms with Crippen LogP contribution < -0.4 is 0 Å². The summed E-state index contributed by atoms with van der Waals surface area (Å²) in [6.07, 6.45) is 13.7. The second-order valence-electron chi connectivity index (χ2n) is 8.74. The van der Waals surface area contributed by atoms with Crippen LogP contribution in [0.3, 0.4) is 0 Å². The molecule has 0 spiro atoms. The number of Topliss-reactive ketones (excluding diaryl/α,β-unsaturated/α-hetero) is 2. The van der Waals surface area contributed by atoms with Crippen LogP contribution in [0.4, 0.5) is 0 Å². The Labute approximate surface area is 202 Å². The van der Waals surface area contributed by atoms with Crippen LogP contribution in [0.15, 0.2) is 16.8 Å². The van der Waals surface area contributed by atoms with Crippen LogP contribution in [0.2, 0.25) is 0 Å². The largest absolute Gasteiger partial charge is 0.616 e. The number of oxime groups is 1. The average Bonchev–Trinajstić information content (AvgIpc) is 2.76. The van der Waals surface area contributed by atoms with Gasteiger partial charge in [0.25, 0.3) is 0 Å². The normalized spacial score (nSPS) is 20.8. The summed E-state index contributed by atoms with van der Waals surface area (Å²) >= 11 is 4.79. The highest BCUT2D eigenvalue weighted by atomic mass is 35.5. The Morgan fingerprint density at radius 2 is 1.66 bits per heavy atom. The van der Waals surface area contributed by atoms with Crippen LogP contribution in [0.25, 0.3) is 0 Å². The van der Waals surface area contributed by atoms with Gasteiger partial charge in [-0.25, -0.2) is 0 Å². The summed E-state index contributed by atoms with van der Waals surface area (Å²) in [5.41, 5.74) is 1.90. The minimum absolute atomic E-state index is 0.0200. The summed E-state index contributed by atoms with van der Waals surface area (Å²) in [6.45, 7) is 4.41. The smallest absolute Gasteiger partial charge is 0.149 e. The predicted molar refractivity (Wildman–Crippen MR) is 135 cm³/mol. The third-order valence-corrected chi connectivity index (χ3v) is 7.53. The van der Waals surface area contributed by atoms with Gasteiger partial charge >= 0.3 is 0 Å². The predicted octanol–water partition coefficient (Wildman–Crippen LogP) is 6.36. The minimum atomic E-state index is -0.738. The molecule has 0 aromatic rings. The highest BCUT2D eigenvalue weighted by Crippen LogP contribution is 2.29. The van der Waals surface area contributed by atoms with E-state index in [4.69, 9.17) is 16.4 Å². The van der Waals surface area contributed by atoms with Crippen LogP contribution in [0, 0.1) is 11.8 Å². The van der Waals surface area contributed by atoms with Gasteiger partial charge in [0.05, 0.1) is 5.71 Å². The van der Waals surface area contributed by atoms with E-state index in [-0.39, 0.29) is 24.1 Å². The second kappa shape index (κ2) is 18.6. The maximum atomic E-state index is 12.7. The van der Waals surface area contributed by atoms with E-state index in [1.807, 2.05) is 6.92 Å². The molecule has 0 aliphatic heterocycles. The van der Waals surface area contributed by atoms with Crippen molar-refractivity contribution in [2.45, 2.75) is 97.3 Å². The average molecular weight is 488 g/mol. The van der Waals surface area contributed by atoms with Crippen LogP contribution in [-0.2, 0) is 25.6 Å². The molecule has 1 atom stereocenters. The maximum Gasteiger partial charge on any atom is 0.149 e. The first kappa shape index (κ1) is 29.2. The van der Waals surface area contributed by atoms with Gasteiger partial charge in [-0.05, 0) is 50.5 Å². The van der Waals surface area contributed by atoms with Crippen molar-refractivity contribution in [2.75, 3.05) is 18.1 Å². The molecule has 0 amide bonds. The minimum Gasteiger partial charge on any atom is -0.616 e. The van der Waals surface area contributed by atoms with Gasteiger partial charge in [-0.3, -0.25) is 9.59 Å². The molecule has 1 aliphatic rings. The number of unbranched alkanes of at least 4 members (excludes halogenated alkanes) is 6. The number of halogens is 1. The molecule has 0 heterocycles.